The van der Waals surface area contributed by atoms with Crippen LogP contribution in [0.1, 0.15) is 251 Å². The van der Waals surface area contributed by atoms with Crippen LogP contribution in [0.2, 0.25) is 0 Å². The SMILES string of the molecule is CCCCCCCC/C=C\CCCCCCCCCCOCC(COP(=O)(O)OCC[N+](C)(C)C)OC(=O)CCCCCCCCCCCCCCCCCCCCCC. The largest absolute Gasteiger partial charge is 0.472 e. The zero-order valence-electron chi connectivity index (χ0n) is 40.7. The van der Waals surface area contributed by atoms with E-state index in [4.69, 9.17) is 18.5 Å². The molecule has 0 aromatic carbocycles. The predicted octanol–water partition coefficient (Wildman–Crippen LogP) is 15.8. The summed E-state index contributed by atoms with van der Waals surface area (Å²) < 4.78 is 35.2. The van der Waals surface area contributed by atoms with Gasteiger partial charge in [0.2, 0.25) is 0 Å². The second-order valence-electron chi connectivity index (χ2n) is 18.9. The van der Waals surface area contributed by atoms with Gasteiger partial charge in [-0.3, -0.25) is 13.8 Å². The molecule has 60 heavy (non-hydrogen) atoms. The minimum atomic E-state index is -4.27. The van der Waals surface area contributed by atoms with Crippen molar-refractivity contribution in [3.63, 3.8) is 0 Å². The van der Waals surface area contributed by atoms with E-state index < -0.39 is 13.9 Å². The number of hydrogen-bond donors (Lipinski definition) is 1. The van der Waals surface area contributed by atoms with Crippen molar-refractivity contribution >= 4 is 13.8 Å². The average molecular weight is 873 g/mol. The summed E-state index contributed by atoms with van der Waals surface area (Å²) in [5.41, 5.74) is 0. The summed E-state index contributed by atoms with van der Waals surface area (Å²) in [4.78, 5) is 23.0. The zero-order chi connectivity index (χ0) is 44.1. The van der Waals surface area contributed by atoms with E-state index >= 15 is 0 Å². The lowest BCUT2D eigenvalue weighted by molar-refractivity contribution is -0.870. The Kier molecular flexibility index (Phi) is 44.3. The molecule has 2 atom stereocenters. The zero-order valence-corrected chi connectivity index (χ0v) is 41.6. The molecule has 9 heteroatoms. The molecule has 0 heterocycles. The van der Waals surface area contributed by atoms with E-state index in [9.17, 15) is 14.3 Å². The molecule has 0 spiro atoms. The summed E-state index contributed by atoms with van der Waals surface area (Å²) >= 11 is 0. The van der Waals surface area contributed by atoms with Crippen molar-refractivity contribution in [1.29, 1.82) is 0 Å². The quantitative estimate of drug-likeness (QED) is 0.0214. The Balaban J connectivity index is 4.10. The molecule has 0 aliphatic rings. The van der Waals surface area contributed by atoms with Crippen LogP contribution in [0.4, 0.5) is 0 Å². The van der Waals surface area contributed by atoms with Gasteiger partial charge in [0.05, 0.1) is 34.4 Å². The highest BCUT2D eigenvalue weighted by Gasteiger charge is 2.26. The predicted molar refractivity (Wildman–Crippen MR) is 257 cm³/mol. The molecule has 2 unspecified atom stereocenters. The number of likely N-dealkylation sites (N-methyl/N-ethyl adjacent to an activating group) is 1. The van der Waals surface area contributed by atoms with E-state index in [2.05, 4.69) is 26.0 Å². The molecule has 0 aliphatic heterocycles. The van der Waals surface area contributed by atoms with E-state index in [-0.39, 0.29) is 25.8 Å². The third-order valence-corrected chi connectivity index (χ3v) is 12.6. The van der Waals surface area contributed by atoms with Gasteiger partial charge in [-0.2, -0.15) is 0 Å². The van der Waals surface area contributed by atoms with Gasteiger partial charge in [0.15, 0.2) is 0 Å². The Hall–Kier alpha value is -0.760. The molecule has 1 N–H and O–H groups in total. The summed E-state index contributed by atoms with van der Waals surface area (Å²) in [7, 11) is 1.68. The van der Waals surface area contributed by atoms with Crippen LogP contribution in [0.3, 0.4) is 0 Å². The van der Waals surface area contributed by atoms with Crippen LogP contribution in [-0.4, -0.2) is 75.6 Å². The van der Waals surface area contributed by atoms with Crippen LogP contribution in [-0.2, 0) is 27.9 Å². The summed E-state index contributed by atoms with van der Waals surface area (Å²) in [6, 6.07) is 0. The van der Waals surface area contributed by atoms with Gasteiger partial charge in [-0.1, -0.05) is 219 Å². The molecule has 0 aromatic rings. The number of carbonyl (C=O) groups is 1. The van der Waals surface area contributed by atoms with Gasteiger partial charge in [-0.05, 0) is 38.5 Å². The van der Waals surface area contributed by atoms with Gasteiger partial charge in [0.1, 0.15) is 19.3 Å². The van der Waals surface area contributed by atoms with Crippen molar-refractivity contribution in [3.8, 4) is 0 Å². The van der Waals surface area contributed by atoms with Gasteiger partial charge in [-0.15, -0.1) is 0 Å². The minimum Gasteiger partial charge on any atom is -0.457 e. The lowest BCUT2D eigenvalue weighted by Crippen LogP contribution is -2.37. The molecule has 0 rings (SSSR count). The Morgan fingerprint density at radius 2 is 0.867 bits per heavy atom. The molecule has 0 saturated heterocycles. The number of allylic oxidation sites excluding steroid dienone is 2. The van der Waals surface area contributed by atoms with Crippen molar-refractivity contribution < 1.29 is 37.3 Å². The molecule has 8 nitrogen and oxygen atoms in total. The Morgan fingerprint density at radius 1 is 0.500 bits per heavy atom. The fraction of sp³-hybridized carbons (Fsp3) is 0.941. The van der Waals surface area contributed by atoms with Crippen LogP contribution >= 0.6 is 7.82 Å². The van der Waals surface area contributed by atoms with Crippen molar-refractivity contribution in [2.45, 2.75) is 258 Å². The Labute approximate surface area is 373 Å². The van der Waals surface area contributed by atoms with Gasteiger partial charge < -0.3 is 18.9 Å². The number of phosphoric acid groups is 1. The van der Waals surface area contributed by atoms with Crippen LogP contribution < -0.4 is 0 Å². The number of nitrogens with zero attached hydrogens (tertiary/aromatic N) is 1. The standard InChI is InChI=1S/C51H102NO7P/c1-6-8-10-12-14-16-18-20-22-24-26-27-28-30-32-34-36-38-40-42-44-51(53)59-50(49-58-60(54,55)57-47-45-52(3,4)5)48-56-46-43-41-39-37-35-33-31-29-25-23-21-19-17-15-13-11-9-7-2/h21,23,50H,6-20,22,24-49H2,1-5H3/p+1/b23-21-. The Morgan fingerprint density at radius 3 is 1.27 bits per heavy atom. The first-order chi connectivity index (χ1) is 29.1. The number of phosphoric ester groups is 1. The molecular weight excluding hydrogens is 770 g/mol. The second kappa shape index (κ2) is 44.8. The maximum absolute atomic E-state index is 12.8. The normalized spacial score (nSPS) is 13.6. The number of rotatable bonds is 49. The van der Waals surface area contributed by atoms with Crippen LogP contribution in [0.15, 0.2) is 12.2 Å². The van der Waals surface area contributed by atoms with E-state index in [1.807, 2.05) is 21.1 Å². The Bertz CT molecular complexity index is 972. The highest BCUT2D eigenvalue weighted by Crippen LogP contribution is 2.43. The maximum Gasteiger partial charge on any atom is 0.472 e. The van der Waals surface area contributed by atoms with Crippen LogP contribution in [0, 0.1) is 0 Å². The first kappa shape index (κ1) is 59.2. The van der Waals surface area contributed by atoms with Crippen molar-refractivity contribution in [3.05, 3.63) is 12.2 Å². The topological polar surface area (TPSA) is 91.3 Å². The van der Waals surface area contributed by atoms with Crippen LogP contribution in [0.25, 0.3) is 0 Å². The maximum atomic E-state index is 12.8. The number of unbranched alkanes of at least 4 members (excludes halogenated alkanes) is 33. The molecule has 0 aromatic heterocycles. The summed E-state index contributed by atoms with van der Waals surface area (Å²) in [5.74, 6) is -0.308. The third-order valence-electron chi connectivity index (χ3n) is 11.6. The molecule has 0 bridgehead atoms. The van der Waals surface area contributed by atoms with Gasteiger partial charge in [0, 0.05) is 13.0 Å². The first-order valence-electron chi connectivity index (χ1n) is 25.9. The number of hydrogen-bond acceptors (Lipinski definition) is 6. The number of esters is 1. The highest BCUT2D eigenvalue weighted by molar-refractivity contribution is 7.47. The lowest BCUT2D eigenvalue weighted by atomic mass is 10.0. The number of carbonyl (C=O) groups excluding carboxylic acids is 1. The molecule has 358 valence electrons. The molecule has 0 fully saturated rings. The van der Waals surface area contributed by atoms with Crippen LogP contribution in [0.5, 0.6) is 0 Å². The monoisotopic (exact) mass is 873 g/mol. The van der Waals surface area contributed by atoms with E-state index in [0.29, 0.717) is 24.1 Å². The van der Waals surface area contributed by atoms with Crippen molar-refractivity contribution in [1.82, 2.24) is 0 Å². The summed E-state index contributed by atoms with van der Waals surface area (Å²) in [5, 5.41) is 0. The minimum absolute atomic E-state index is 0.0916. The number of quaternary nitrogens is 1. The highest BCUT2D eigenvalue weighted by atomic mass is 31.2. The molecule has 0 radical (unpaired) electrons. The first-order valence-corrected chi connectivity index (χ1v) is 27.4. The van der Waals surface area contributed by atoms with Crippen molar-refractivity contribution in [2.75, 3.05) is 54.1 Å². The van der Waals surface area contributed by atoms with E-state index in [0.717, 1.165) is 32.1 Å². The summed E-state index contributed by atoms with van der Waals surface area (Å²) in [6.07, 6.45) is 51.1. The smallest absolute Gasteiger partial charge is 0.457 e. The van der Waals surface area contributed by atoms with Gasteiger partial charge in [-0.25, -0.2) is 4.57 Å². The average Bonchev–Trinajstić information content (AvgIpc) is 3.20. The van der Waals surface area contributed by atoms with Gasteiger partial charge in [0.25, 0.3) is 0 Å². The van der Waals surface area contributed by atoms with E-state index in [1.165, 1.54) is 199 Å². The van der Waals surface area contributed by atoms with Gasteiger partial charge >= 0.3 is 13.8 Å². The van der Waals surface area contributed by atoms with Crippen molar-refractivity contribution in [2.24, 2.45) is 0 Å². The molecule has 0 aliphatic carbocycles. The fourth-order valence-electron chi connectivity index (χ4n) is 7.55. The molecule has 0 saturated carbocycles. The summed E-state index contributed by atoms with van der Waals surface area (Å²) in [6.45, 7) is 5.67. The van der Waals surface area contributed by atoms with E-state index in [1.54, 1.807) is 0 Å². The third kappa shape index (κ3) is 48.3. The lowest BCUT2D eigenvalue weighted by Gasteiger charge is -2.24. The molecular formula is C51H103NO7P+. The second-order valence-corrected chi connectivity index (χ2v) is 20.4. The number of ether oxygens (including phenoxy) is 2. The molecule has 0 amide bonds. The fourth-order valence-corrected chi connectivity index (χ4v) is 8.29.